The Morgan fingerprint density at radius 1 is 1.10 bits per heavy atom. The first-order valence-electron chi connectivity index (χ1n) is 6.57. The topological polar surface area (TPSA) is 55.1 Å². The lowest BCUT2D eigenvalue weighted by Crippen LogP contribution is -2.25. The number of hydrogen-bond donors (Lipinski definition) is 1. The minimum atomic E-state index is -0.176. The summed E-state index contributed by atoms with van der Waals surface area (Å²) in [5.41, 5.74) is 1.12. The molecule has 0 radical (unpaired) electrons. The van der Waals surface area contributed by atoms with E-state index in [2.05, 4.69) is 4.98 Å². The summed E-state index contributed by atoms with van der Waals surface area (Å²) in [7, 11) is 0. The first kappa shape index (κ1) is 13.8. The second kappa shape index (κ2) is 5.68. The average Bonchev–Trinajstić information content (AvgIpc) is 2.51. The number of hydrogen-bond acceptors (Lipinski definition) is 3. The number of rotatable bonds is 3. The van der Waals surface area contributed by atoms with Crippen LogP contribution in [-0.2, 0) is 6.54 Å². The van der Waals surface area contributed by atoms with Crippen molar-refractivity contribution in [1.82, 2.24) is 9.55 Å². The fourth-order valence-electron chi connectivity index (χ4n) is 2.32. The molecule has 0 saturated carbocycles. The number of aromatic nitrogens is 2. The summed E-state index contributed by atoms with van der Waals surface area (Å²) in [4.78, 5) is 17.1. The van der Waals surface area contributed by atoms with E-state index in [1.165, 1.54) is 4.57 Å². The molecule has 0 saturated heterocycles. The van der Waals surface area contributed by atoms with Gasteiger partial charge in [-0.3, -0.25) is 9.36 Å². The molecular weight excluding hydrogens is 288 g/mol. The van der Waals surface area contributed by atoms with Gasteiger partial charge in [0.15, 0.2) is 0 Å². The van der Waals surface area contributed by atoms with E-state index in [1.54, 1.807) is 24.3 Å². The Hall–Kier alpha value is -2.17. The number of aliphatic hydroxyl groups excluding tert-OH is 1. The van der Waals surface area contributed by atoms with Crippen LogP contribution in [0.2, 0.25) is 5.02 Å². The number of benzene rings is 2. The van der Waals surface area contributed by atoms with Gasteiger partial charge >= 0.3 is 0 Å². The Kier molecular flexibility index (Phi) is 3.73. The molecule has 3 aromatic rings. The Morgan fingerprint density at radius 3 is 2.57 bits per heavy atom. The monoisotopic (exact) mass is 300 g/mol. The first-order chi connectivity index (χ1) is 10.2. The molecule has 0 bridgehead atoms. The fourth-order valence-corrected chi connectivity index (χ4v) is 2.54. The maximum absolute atomic E-state index is 12.6. The lowest BCUT2D eigenvalue weighted by atomic mass is 10.1. The summed E-state index contributed by atoms with van der Waals surface area (Å²) in [6, 6.07) is 14.4. The van der Waals surface area contributed by atoms with Crippen LogP contribution in [0, 0.1) is 0 Å². The molecule has 0 amide bonds. The van der Waals surface area contributed by atoms with Crippen molar-refractivity contribution in [2.75, 3.05) is 6.61 Å². The second-order valence-electron chi connectivity index (χ2n) is 4.61. The predicted octanol–water partition coefficient (Wildman–Crippen LogP) is 2.71. The van der Waals surface area contributed by atoms with Crippen LogP contribution in [0.5, 0.6) is 0 Å². The van der Waals surface area contributed by atoms with Crippen LogP contribution >= 0.6 is 11.6 Å². The van der Waals surface area contributed by atoms with E-state index in [1.807, 2.05) is 24.3 Å². The van der Waals surface area contributed by atoms with Gasteiger partial charge in [0.05, 0.1) is 29.1 Å². The zero-order valence-electron chi connectivity index (χ0n) is 11.2. The highest BCUT2D eigenvalue weighted by atomic mass is 35.5. The van der Waals surface area contributed by atoms with Gasteiger partial charge in [-0.2, -0.15) is 0 Å². The molecule has 2 aromatic carbocycles. The van der Waals surface area contributed by atoms with Crippen molar-refractivity contribution in [3.63, 3.8) is 0 Å². The molecule has 0 aliphatic rings. The molecule has 106 valence electrons. The van der Waals surface area contributed by atoms with Gasteiger partial charge in [-0.05, 0) is 24.3 Å². The van der Waals surface area contributed by atoms with Crippen LogP contribution in [0.25, 0.3) is 22.3 Å². The number of fused-ring (bicyclic) bond motifs is 1. The van der Waals surface area contributed by atoms with Crippen LogP contribution in [0.15, 0.2) is 53.3 Å². The maximum atomic E-state index is 12.6. The minimum Gasteiger partial charge on any atom is -0.395 e. The van der Waals surface area contributed by atoms with Gasteiger partial charge in [0, 0.05) is 5.56 Å². The van der Waals surface area contributed by atoms with E-state index in [9.17, 15) is 9.90 Å². The van der Waals surface area contributed by atoms with Crippen LogP contribution in [0.1, 0.15) is 0 Å². The van der Waals surface area contributed by atoms with Crippen LogP contribution in [0.3, 0.4) is 0 Å². The smallest absolute Gasteiger partial charge is 0.261 e. The van der Waals surface area contributed by atoms with E-state index >= 15 is 0 Å². The third-order valence-electron chi connectivity index (χ3n) is 3.30. The molecule has 1 aromatic heterocycles. The van der Waals surface area contributed by atoms with Crippen LogP contribution < -0.4 is 5.56 Å². The highest BCUT2D eigenvalue weighted by Gasteiger charge is 2.14. The number of para-hydroxylation sites is 1. The molecule has 0 aliphatic heterocycles. The summed E-state index contributed by atoms with van der Waals surface area (Å²) >= 11 is 6.22. The Balaban J connectivity index is 2.38. The largest absolute Gasteiger partial charge is 0.395 e. The molecular formula is C16H13ClN2O2. The van der Waals surface area contributed by atoms with Gasteiger partial charge in [-0.15, -0.1) is 0 Å². The molecule has 5 heteroatoms. The zero-order chi connectivity index (χ0) is 14.8. The summed E-state index contributed by atoms with van der Waals surface area (Å²) in [5, 5.41) is 10.3. The molecule has 1 heterocycles. The Bertz CT molecular complexity index is 858. The lowest BCUT2D eigenvalue weighted by molar-refractivity contribution is 0.274. The van der Waals surface area contributed by atoms with E-state index < -0.39 is 0 Å². The zero-order valence-corrected chi connectivity index (χ0v) is 11.9. The highest BCUT2D eigenvalue weighted by Crippen LogP contribution is 2.26. The summed E-state index contributed by atoms with van der Waals surface area (Å²) in [6.45, 7) is 0.0363. The van der Waals surface area contributed by atoms with Crippen molar-refractivity contribution in [2.45, 2.75) is 6.54 Å². The lowest BCUT2D eigenvalue weighted by Gasteiger charge is -2.13. The van der Waals surface area contributed by atoms with Gasteiger partial charge < -0.3 is 5.11 Å². The van der Waals surface area contributed by atoms with Crippen LogP contribution in [0.4, 0.5) is 0 Å². The molecule has 21 heavy (non-hydrogen) atoms. The molecule has 0 fully saturated rings. The van der Waals surface area contributed by atoms with Crippen molar-refractivity contribution < 1.29 is 5.11 Å². The number of nitrogens with zero attached hydrogens (tertiary/aromatic N) is 2. The van der Waals surface area contributed by atoms with Gasteiger partial charge in [0.1, 0.15) is 5.82 Å². The molecule has 1 N–H and O–H groups in total. The first-order valence-corrected chi connectivity index (χ1v) is 6.95. The fraction of sp³-hybridized carbons (Fsp3) is 0.125. The molecule has 0 spiro atoms. The summed E-state index contributed by atoms with van der Waals surface area (Å²) in [6.07, 6.45) is 0. The minimum absolute atomic E-state index is 0.141. The van der Waals surface area contributed by atoms with E-state index in [0.717, 1.165) is 0 Å². The third kappa shape index (κ3) is 2.44. The van der Waals surface area contributed by atoms with E-state index in [-0.39, 0.29) is 18.7 Å². The SMILES string of the molecule is O=c1c2ccccc2nc(-c2ccccc2Cl)n1CCO. The van der Waals surface area contributed by atoms with Crippen molar-refractivity contribution in [1.29, 1.82) is 0 Å². The number of aliphatic hydroxyl groups is 1. The van der Waals surface area contributed by atoms with E-state index in [4.69, 9.17) is 11.6 Å². The van der Waals surface area contributed by atoms with Crippen molar-refractivity contribution in [3.05, 3.63) is 63.9 Å². The third-order valence-corrected chi connectivity index (χ3v) is 3.63. The maximum Gasteiger partial charge on any atom is 0.261 e. The highest BCUT2D eigenvalue weighted by molar-refractivity contribution is 6.33. The normalized spacial score (nSPS) is 11.0. The number of halogens is 1. The molecule has 3 rings (SSSR count). The van der Waals surface area contributed by atoms with Gasteiger partial charge in [-0.25, -0.2) is 4.98 Å². The standard InChI is InChI=1S/C16H13ClN2O2/c17-13-7-3-1-5-11(13)15-18-14-8-4-2-6-12(14)16(21)19(15)9-10-20/h1-8,20H,9-10H2. The molecule has 0 unspecified atom stereocenters. The second-order valence-corrected chi connectivity index (χ2v) is 5.02. The molecule has 0 atom stereocenters. The molecule has 0 aliphatic carbocycles. The Morgan fingerprint density at radius 2 is 1.81 bits per heavy atom. The van der Waals surface area contributed by atoms with Gasteiger partial charge in [-0.1, -0.05) is 35.9 Å². The van der Waals surface area contributed by atoms with Gasteiger partial charge in [0.2, 0.25) is 0 Å². The summed E-state index contributed by atoms with van der Waals surface area (Å²) < 4.78 is 1.46. The van der Waals surface area contributed by atoms with Crippen molar-refractivity contribution in [3.8, 4) is 11.4 Å². The molecule has 4 nitrogen and oxygen atoms in total. The summed E-state index contributed by atoms with van der Waals surface area (Å²) in [5.74, 6) is 0.471. The Labute approximate surface area is 126 Å². The average molecular weight is 301 g/mol. The van der Waals surface area contributed by atoms with E-state index in [0.29, 0.717) is 27.3 Å². The van der Waals surface area contributed by atoms with Crippen LogP contribution in [-0.4, -0.2) is 21.3 Å². The van der Waals surface area contributed by atoms with Crippen molar-refractivity contribution in [2.24, 2.45) is 0 Å². The van der Waals surface area contributed by atoms with Gasteiger partial charge in [0.25, 0.3) is 5.56 Å². The predicted molar refractivity (Wildman–Crippen MR) is 83.5 cm³/mol. The quantitative estimate of drug-likeness (QED) is 0.809. The van der Waals surface area contributed by atoms with Crippen molar-refractivity contribution >= 4 is 22.5 Å².